The van der Waals surface area contributed by atoms with E-state index in [1.165, 1.54) is 12.1 Å². The zero-order chi connectivity index (χ0) is 22.6. The Bertz CT molecular complexity index is 1200. The van der Waals surface area contributed by atoms with Gasteiger partial charge in [0.15, 0.2) is 11.6 Å². The SMILES string of the molecule is Cc1nnc([C@@]23C[C@H](C)C[C@@H](C2)N3C(=O)Nc2cc(-c3ncc(F)cn3)c(C)cc2F)o1. The number of aryl methyl sites for hydroxylation is 2. The van der Waals surface area contributed by atoms with E-state index in [0.717, 1.165) is 25.2 Å². The molecule has 3 aromatic rings. The summed E-state index contributed by atoms with van der Waals surface area (Å²) in [5.41, 5.74) is 0.386. The van der Waals surface area contributed by atoms with Gasteiger partial charge in [0.2, 0.25) is 11.8 Å². The lowest BCUT2D eigenvalue weighted by atomic mass is 9.64. The second kappa shape index (κ2) is 7.32. The molecule has 0 unspecified atom stereocenters. The number of nitrogens with one attached hydrogen (secondary N) is 1. The number of halogens is 2. The third-order valence-electron chi connectivity index (χ3n) is 6.32. The largest absolute Gasteiger partial charge is 0.423 e. The molecule has 166 valence electrons. The van der Waals surface area contributed by atoms with Crippen molar-refractivity contribution in [2.75, 3.05) is 5.32 Å². The van der Waals surface area contributed by atoms with Crippen LogP contribution in [0.1, 0.15) is 43.5 Å². The van der Waals surface area contributed by atoms with Crippen molar-refractivity contribution >= 4 is 11.7 Å². The van der Waals surface area contributed by atoms with Crippen molar-refractivity contribution in [3.8, 4) is 11.4 Å². The van der Waals surface area contributed by atoms with Gasteiger partial charge >= 0.3 is 6.03 Å². The first kappa shape index (κ1) is 20.5. The summed E-state index contributed by atoms with van der Waals surface area (Å²) >= 11 is 0. The van der Waals surface area contributed by atoms with Crippen molar-refractivity contribution in [3.63, 3.8) is 0 Å². The topological polar surface area (TPSA) is 97.0 Å². The number of likely N-dealkylation sites (tertiary alicyclic amines) is 1. The maximum atomic E-state index is 14.8. The second-order valence-electron chi connectivity index (χ2n) is 8.73. The van der Waals surface area contributed by atoms with E-state index in [1.54, 1.807) is 18.7 Å². The Labute approximate surface area is 183 Å². The van der Waals surface area contributed by atoms with Crippen LogP contribution in [0.3, 0.4) is 0 Å². The highest BCUT2D eigenvalue weighted by Gasteiger charge is 2.62. The molecule has 1 N–H and O–H groups in total. The van der Waals surface area contributed by atoms with Gasteiger partial charge in [-0.1, -0.05) is 6.92 Å². The van der Waals surface area contributed by atoms with Gasteiger partial charge in [-0.2, -0.15) is 0 Å². The Morgan fingerprint density at radius 3 is 2.62 bits per heavy atom. The highest BCUT2D eigenvalue weighted by Crippen LogP contribution is 2.55. The summed E-state index contributed by atoms with van der Waals surface area (Å²) in [4.78, 5) is 22.9. The lowest BCUT2D eigenvalue weighted by molar-refractivity contribution is -0.110. The summed E-state index contributed by atoms with van der Waals surface area (Å²) in [5.74, 6) is 0.337. The van der Waals surface area contributed by atoms with E-state index in [4.69, 9.17) is 4.42 Å². The van der Waals surface area contributed by atoms with Gasteiger partial charge in [0.25, 0.3) is 0 Å². The van der Waals surface area contributed by atoms with Crippen molar-refractivity contribution in [2.45, 2.75) is 51.6 Å². The summed E-state index contributed by atoms with van der Waals surface area (Å²) in [6, 6.07) is 2.35. The minimum Gasteiger partial charge on any atom is -0.423 e. The number of fused-ring (bicyclic) bond motifs is 2. The molecule has 2 bridgehead atoms. The van der Waals surface area contributed by atoms with E-state index in [2.05, 4.69) is 32.4 Å². The average molecular weight is 440 g/mol. The van der Waals surface area contributed by atoms with E-state index in [1.807, 2.05) is 0 Å². The predicted molar refractivity (Wildman–Crippen MR) is 110 cm³/mol. The summed E-state index contributed by atoms with van der Waals surface area (Å²) in [7, 11) is 0. The third kappa shape index (κ3) is 3.21. The normalized spacial score (nSPS) is 24.2. The van der Waals surface area contributed by atoms with Crippen molar-refractivity contribution in [1.29, 1.82) is 0 Å². The molecule has 5 rings (SSSR count). The lowest BCUT2D eigenvalue weighted by Crippen LogP contribution is -2.70. The second-order valence-corrected chi connectivity index (χ2v) is 8.73. The van der Waals surface area contributed by atoms with Crippen molar-refractivity contribution in [2.24, 2.45) is 5.92 Å². The van der Waals surface area contributed by atoms with Gasteiger partial charge in [0.05, 0.1) is 18.1 Å². The molecule has 1 aromatic carbocycles. The molecule has 2 aromatic heterocycles. The molecule has 10 heteroatoms. The van der Waals surface area contributed by atoms with E-state index in [0.29, 0.717) is 35.2 Å². The third-order valence-corrected chi connectivity index (χ3v) is 6.32. The molecular formula is C22H22F2N6O2. The number of hydrogen-bond donors (Lipinski definition) is 1. The zero-order valence-corrected chi connectivity index (χ0v) is 17.9. The van der Waals surface area contributed by atoms with Crippen molar-refractivity contribution in [1.82, 2.24) is 25.1 Å². The van der Waals surface area contributed by atoms with Crippen molar-refractivity contribution in [3.05, 3.63) is 53.5 Å². The number of urea groups is 1. The van der Waals surface area contributed by atoms with E-state index in [-0.39, 0.29) is 17.6 Å². The maximum Gasteiger partial charge on any atom is 0.323 e. The molecule has 1 aliphatic carbocycles. The summed E-state index contributed by atoms with van der Waals surface area (Å²) in [6.07, 6.45) is 4.37. The van der Waals surface area contributed by atoms with Gasteiger partial charge in [0.1, 0.15) is 11.4 Å². The predicted octanol–water partition coefficient (Wildman–Crippen LogP) is 4.35. The number of carbonyl (C=O) groups excluding carboxylic acids is 1. The number of rotatable bonds is 3. The first-order valence-electron chi connectivity index (χ1n) is 10.5. The molecule has 32 heavy (non-hydrogen) atoms. The number of hydrogen-bond acceptors (Lipinski definition) is 6. The van der Waals surface area contributed by atoms with Crippen LogP contribution in [0.4, 0.5) is 19.3 Å². The van der Waals surface area contributed by atoms with Crippen molar-refractivity contribution < 1.29 is 18.0 Å². The first-order chi connectivity index (χ1) is 15.3. The number of carbonyl (C=O) groups is 1. The standard InChI is InChI=1S/C22H22F2N6O2/c1-11-4-15-8-22(7-11,20-29-28-13(3)32-20)30(15)21(31)27-18-6-16(12(2)5-17(18)24)19-25-9-14(23)10-26-19/h5-6,9-11,15H,4,7-8H2,1-3H3,(H,27,31)/t11-,15+,22-/m1/s1. The van der Waals surface area contributed by atoms with Crippen LogP contribution in [0.5, 0.6) is 0 Å². The van der Waals surface area contributed by atoms with Gasteiger partial charge in [-0.25, -0.2) is 23.5 Å². The fourth-order valence-corrected chi connectivity index (χ4v) is 5.07. The highest BCUT2D eigenvalue weighted by molar-refractivity contribution is 5.92. The average Bonchev–Trinajstić information content (AvgIpc) is 3.17. The van der Waals surface area contributed by atoms with Crippen LogP contribution in [-0.4, -0.2) is 37.1 Å². The van der Waals surface area contributed by atoms with E-state index < -0.39 is 23.2 Å². The molecular weight excluding hydrogens is 418 g/mol. The Morgan fingerprint density at radius 2 is 1.94 bits per heavy atom. The minimum absolute atomic E-state index is 0.00148. The molecule has 1 aliphatic heterocycles. The molecule has 2 fully saturated rings. The number of aromatic nitrogens is 4. The molecule has 2 amide bonds. The van der Waals surface area contributed by atoms with Crippen LogP contribution in [-0.2, 0) is 5.54 Å². The number of benzene rings is 1. The molecule has 1 saturated heterocycles. The van der Waals surface area contributed by atoms with Crippen LogP contribution in [0.15, 0.2) is 28.9 Å². The van der Waals surface area contributed by atoms with Gasteiger partial charge < -0.3 is 14.6 Å². The van der Waals surface area contributed by atoms with E-state index in [9.17, 15) is 13.6 Å². The van der Waals surface area contributed by atoms with Crippen LogP contribution >= 0.6 is 0 Å². The van der Waals surface area contributed by atoms with Crippen LogP contribution in [0.25, 0.3) is 11.4 Å². The van der Waals surface area contributed by atoms with Gasteiger partial charge in [-0.15, -0.1) is 10.2 Å². The smallest absolute Gasteiger partial charge is 0.323 e. The van der Waals surface area contributed by atoms with Crippen LogP contribution in [0, 0.1) is 31.4 Å². The first-order valence-corrected chi connectivity index (χ1v) is 10.5. The quantitative estimate of drug-likeness (QED) is 0.650. The fourth-order valence-electron chi connectivity index (χ4n) is 5.07. The number of anilines is 1. The van der Waals surface area contributed by atoms with Gasteiger partial charge in [-0.3, -0.25) is 0 Å². The molecule has 3 atom stereocenters. The van der Waals surface area contributed by atoms with Crippen LogP contribution in [0.2, 0.25) is 0 Å². The molecule has 0 radical (unpaired) electrons. The van der Waals surface area contributed by atoms with Gasteiger partial charge in [0, 0.05) is 24.9 Å². The summed E-state index contributed by atoms with van der Waals surface area (Å²) in [5, 5.41) is 10.8. The number of nitrogens with zero attached hydrogens (tertiary/aromatic N) is 5. The molecule has 2 aliphatic rings. The van der Waals surface area contributed by atoms with E-state index >= 15 is 0 Å². The molecule has 1 saturated carbocycles. The highest BCUT2D eigenvalue weighted by atomic mass is 19.1. The Balaban J connectivity index is 1.46. The minimum atomic E-state index is -0.683. The number of piperidine rings is 1. The number of amides is 2. The maximum absolute atomic E-state index is 14.8. The summed E-state index contributed by atoms with van der Waals surface area (Å²) < 4.78 is 33.7. The fraction of sp³-hybridized carbons (Fsp3) is 0.409. The molecule has 0 spiro atoms. The molecule has 8 nitrogen and oxygen atoms in total. The monoisotopic (exact) mass is 440 g/mol. The Hall–Kier alpha value is -3.43. The summed E-state index contributed by atoms with van der Waals surface area (Å²) in [6.45, 7) is 5.54. The zero-order valence-electron chi connectivity index (χ0n) is 17.9. The Kier molecular flexibility index (Phi) is 4.68. The lowest BCUT2D eigenvalue weighted by Gasteiger charge is -2.61. The van der Waals surface area contributed by atoms with Gasteiger partial charge in [-0.05, 0) is 43.4 Å². The van der Waals surface area contributed by atoms with Crippen LogP contribution < -0.4 is 5.32 Å². The Morgan fingerprint density at radius 1 is 1.19 bits per heavy atom. The molecule has 3 heterocycles.